The molecular formula is C22H21F2N5O4. The second-order valence-corrected chi connectivity index (χ2v) is 7.33. The highest BCUT2D eigenvalue weighted by Gasteiger charge is 2.21. The van der Waals surface area contributed by atoms with Crippen LogP contribution in [0.5, 0.6) is 5.75 Å². The number of carboxylic acid groups (broad SMARTS) is 1. The third-order valence-corrected chi connectivity index (χ3v) is 4.82. The van der Waals surface area contributed by atoms with Crippen LogP contribution in [0.4, 0.5) is 13.6 Å². The van der Waals surface area contributed by atoms with E-state index in [0.717, 1.165) is 12.1 Å². The molecule has 3 aromatic rings. The number of halogens is 2. The molecule has 9 nitrogen and oxygen atoms in total. The minimum absolute atomic E-state index is 0.104. The predicted molar refractivity (Wildman–Crippen MR) is 113 cm³/mol. The Bertz CT molecular complexity index is 1230. The predicted octanol–water partition coefficient (Wildman–Crippen LogP) is 3.09. The minimum Gasteiger partial charge on any atom is -0.485 e. The van der Waals surface area contributed by atoms with Gasteiger partial charge in [0.05, 0.1) is 29.8 Å². The lowest BCUT2D eigenvalue weighted by Crippen LogP contribution is -2.43. The molecule has 0 bridgehead atoms. The van der Waals surface area contributed by atoms with Gasteiger partial charge in [0.25, 0.3) is 5.91 Å². The molecule has 1 atom stereocenters. The molecule has 3 rings (SSSR count). The molecule has 2 amide bonds. The van der Waals surface area contributed by atoms with Crippen molar-refractivity contribution in [2.45, 2.75) is 32.9 Å². The Hall–Kier alpha value is -4.20. The molecule has 0 saturated heterocycles. The van der Waals surface area contributed by atoms with Gasteiger partial charge in [-0.05, 0) is 37.6 Å². The van der Waals surface area contributed by atoms with Crippen LogP contribution in [0.15, 0.2) is 30.5 Å². The van der Waals surface area contributed by atoms with Gasteiger partial charge in [0.15, 0.2) is 11.4 Å². The average Bonchev–Trinajstić information content (AvgIpc) is 3.07. The summed E-state index contributed by atoms with van der Waals surface area (Å²) in [6, 6.07) is 6.24. The van der Waals surface area contributed by atoms with E-state index in [4.69, 9.17) is 15.1 Å². The highest BCUT2D eigenvalue weighted by atomic mass is 19.1. The molecule has 0 saturated carbocycles. The van der Waals surface area contributed by atoms with E-state index in [1.807, 2.05) is 6.07 Å². The van der Waals surface area contributed by atoms with Crippen molar-refractivity contribution < 1.29 is 28.2 Å². The first kappa shape index (κ1) is 23.5. The van der Waals surface area contributed by atoms with Gasteiger partial charge in [-0.15, -0.1) is 0 Å². The Morgan fingerprint density at radius 1 is 1.30 bits per heavy atom. The number of fused-ring (bicyclic) bond motifs is 1. The van der Waals surface area contributed by atoms with Crippen LogP contribution in [-0.4, -0.2) is 39.1 Å². The largest absolute Gasteiger partial charge is 0.485 e. The summed E-state index contributed by atoms with van der Waals surface area (Å²) < 4.78 is 35.1. The van der Waals surface area contributed by atoms with Crippen LogP contribution in [0.25, 0.3) is 5.65 Å². The van der Waals surface area contributed by atoms with Crippen molar-refractivity contribution in [3.05, 3.63) is 64.6 Å². The topological polar surface area (TPSA) is 129 Å². The van der Waals surface area contributed by atoms with Crippen LogP contribution >= 0.6 is 0 Å². The number of nitrogens with one attached hydrogen (secondary N) is 2. The van der Waals surface area contributed by atoms with Crippen molar-refractivity contribution in [2.24, 2.45) is 0 Å². The number of carbonyl (C=O) groups excluding carboxylic acids is 1. The van der Waals surface area contributed by atoms with Gasteiger partial charge in [-0.1, -0.05) is 6.07 Å². The fraction of sp³-hybridized carbons (Fsp3) is 0.273. The van der Waals surface area contributed by atoms with Gasteiger partial charge in [0, 0.05) is 12.7 Å². The molecule has 2 heterocycles. The molecule has 33 heavy (non-hydrogen) atoms. The van der Waals surface area contributed by atoms with Crippen molar-refractivity contribution in [1.29, 1.82) is 5.26 Å². The zero-order valence-corrected chi connectivity index (χ0v) is 17.9. The van der Waals surface area contributed by atoms with Crippen LogP contribution < -0.4 is 15.4 Å². The molecular weight excluding hydrogens is 436 g/mol. The zero-order chi connectivity index (χ0) is 24.1. The lowest BCUT2D eigenvalue weighted by Gasteiger charge is -2.15. The van der Waals surface area contributed by atoms with E-state index < -0.39 is 29.7 Å². The van der Waals surface area contributed by atoms with E-state index in [2.05, 4.69) is 15.6 Å². The minimum atomic E-state index is -1.31. The summed E-state index contributed by atoms with van der Waals surface area (Å²) in [5, 5.41) is 22.5. The fourth-order valence-electron chi connectivity index (χ4n) is 3.32. The molecule has 0 aliphatic rings. The Labute approximate surface area is 187 Å². The van der Waals surface area contributed by atoms with Gasteiger partial charge >= 0.3 is 6.09 Å². The van der Waals surface area contributed by atoms with Crippen molar-refractivity contribution >= 4 is 17.6 Å². The lowest BCUT2D eigenvalue weighted by atomic mass is 10.2. The Balaban J connectivity index is 1.87. The van der Waals surface area contributed by atoms with Crippen LogP contribution in [-0.2, 0) is 6.61 Å². The normalized spacial score (nSPS) is 11.6. The van der Waals surface area contributed by atoms with Crippen molar-refractivity contribution in [3.63, 3.8) is 0 Å². The molecule has 1 aromatic carbocycles. The zero-order valence-electron chi connectivity index (χ0n) is 17.9. The van der Waals surface area contributed by atoms with Gasteiger partial charge in [0.1, 0.15) is 23.9 Å². The average molecular weight is 457 g/mol. The summed E-state index contributed by atoms with van der Waals surface area (Å²) in [5.41, 5.74) is 1.29. The molecule has 0 fully saturated rings. The number of aromatic nitrogens is 2. The van der Waals surface area contributed by atoms with Crippen molar-refractivity contribution in [1.82, 2.24) is 20.0 Å². The number of hydrogen-bond donors (Lipinski definition) is 3. The van der Waals surface area contributed by atoms with Gasteiger partial charge < -0.3 is 20.5 Å². The summed E-state index contributed by atoms with van der Waals surface area (Å²) >= 11 is 0. The quantitative estimate of drug-likeness (QED) is 0.477. The Morgan fingerprint density at radius 2 is 2.00 bits per heavy atom. The molecule has 3 N–H and O–H groups in total. The molecule has 0 spiro atoms. The Morgan fingerprint density at radius 3 is 2.64 bits per heavy atom. The summed E-state index contributed by atoms with van der Waals surface area (Å²) in [5.74, 6) is -1.78. The van der Waals surface area contributed by atoms with Crippen LogP contribution in [0.1, 0.15) is 33.7 Å². The number of nitrogens with zero attached hydrogens (tertiary/aromatic N) is 3. The number of nitriles is 1. The van der Waals surface area contributed by atoms with Crippen LogP contribution in [0, 0.1) is 36.8 Å². The molecule has 0 radical (unpaired) electrons. The first-order valence-electron chi connectivity index (χ1n) is 9.90. The second-order valence-electron chi connectivity index (χ2n) is 7.33. The monoisotopic (exact) mass is 457 g/mol. The summed E-state index contributed by atoms with van der Waals surface area (Å²) in [7, 11) is 0. The number of aryl methyl sites for hydroxylation is 2. The number of hydrogen-bond acceptors (Lipinski definition) is 5. The fourth-order valence-corrected chi connectivity index (χ4v) is 3.32. The maximum absolute atomic E-state index is 13.9. The number of amides is 2. The van der Waals surface area contributed by atoms with Gasteiger partial charge in [-0.25, -0.2) is 18.6 Å². The number of benzene rings is 1. The molecule has 1 unspecified atom stereocenters. The number of carbonyl (C=O) groups is 2. The van der Waals surface area contributed by atoms with E-state index in [9.17, 15) is 18.4 Å². The standard InChI is InChI=1S/C22H21F2N5O4/c1-12-8-18(33-11-15-16(23)4-3-5-17(15)24)20-27-13(2)19(29(20)10-12)21(30)26-9-14(6-7-25)28-22(31)32/h3-5,8,10,14,28H,6,9,11H2,1-2H3,(H,26,30)(H,31,32). The molecule has 172 valence electrons. The summed E-state index contributed by atoms with van der Waals surface area (Å²) in [6.45, 7) is 2.89. The highest BCUT2D eigenvalue weighted by molar-refractivity contribution is 5.95. The van der Waals surface area contributed by atoms with Crippen molar-refractivity contribution in [2.75, 3.05) is 6.54 Å². The van der Waals surface area contributed by atoms with Crippen molar-refractivity contribution in [3.8, 4) is 11.8 Å². The highest BCUT2D eigenvalue weighted by Crippen LogP contribution is 2.26. The number of imidazole rings is 1. The summed E-state index contributed by atoms with van der Waals surface area (Å²) in [4.78, 5) is 28.1. The maximum atomic E-state index is 13.9. The van der Waals surface area contributed by atoms with Crippen LogP contribution in [0.3, 0.4) is 0 Å². The summed E-state index contributed by atoms with van der Waals surface area (Å²) in [6.07, 6.45) is 0.227. The maximum Gasteiger partial charge on any atom is 0.404 e. The van der Waals surface area contributed by atoms with E-state index in [-0.39, 0.29) is 42.2 Å². The lowest BCUT2D eigenvalue weighted by molar-refractivity contribution is 0.0941. The smallest absolute Gasteiger partial charge is 0.404 e. The van der Waals surface area contributed by atoms with Gasteiger partial charge in [-0.2, -0.15) is 5.26 Å². The van der Waals surface area contributed by atoms with E-state index in [1.165, 1.54) is 10.5 Å². The van der Waals surface area contributed by atoms with E-state index in [0.29, 0.717) is 11.3 Å². The first-order valence-corrected chi connectivity index (χ1v) is 9.90. The third-order valence-electron chi connectivity index (χ3n) is 4.82. The first-order chi connectivity index (χ1) is 15.7. The number of rotatable bonds is 8. The second kappa shape index (κ2) is 9.95. The molecule has 0 aliphatic heterocycles. The molecule has 2 aromatic heterocycles. The Kier molecular flexibility index (Phi) is 7.07. The van der Waals surface area contributed by atoms with Gasteiger partial charge in [-0.3, -0.25) is 9.20 Å². The van der Waals surface area contributed by atoms with E-state index >= 15 is 0 Å². The molecule has 11 heteroatoms. The van der Waals surface area contributed by atoms with Gasteiger partial charge in [0.2, 0.25) is 0 Å². The van der Waals surface area contributed by atoms with E-state index in [1.54, 1.807) is 26.1 Å². The molecule has 0 aliphatic carbocycles. The number of pyridine rings is 1. The van der Waals surface area contributed by atoms with Crippen LogP contribution in [0.2, 0.25) is 0 Å². The SMILES string of the molecule is Cc1cc(OCc2c(F)cccc2F)c2nc(C)c(C(=O)NCC(CC#N)NC(=O)O)n2c1. The third kappa shape index (κ3) is 5.35. The number of ether oxygens (including phenoxy) is 1.